The lowest BCUT2D eigenvalue weighted by Gasteiger charge is -2.19. The summed E-state index contributed by atoms with van der Waals surface area (Å²) in [6.45, 7) is 0.112. The number of rotatable bonds is 7. The second-order valence-corrected chi connectivity index (χ2v) is 11.5. The summed E-state index contributed by atoms with van der Waals surface area (Å²) in [7, 11) is 1.57. The van der Waals surface area contributed by atoms with E-state index in [4.69, 9.17) is 46.4 Å². The highest BCUT2D eigenvalue weighted by Crippen LogP contribution is 2.73. The van der Waals surface area contributed by atoms with Gasteiger partial charge in [-0.15, -0.1) is 0 Å². The lowest BCUT2D eigenvalue weighted by atomic mass is 10.00. The van der Waals surface area contributed by atoms with E-state index in [0.717, 1.165) is 16.3 Å². The van der Waals surface area contributed by atoms with Crippen molar-refractivity contribution in [1.82, 2.24) is 0 Å². The molecule has 1 amide bonds. The van der Waals surface area contributed by atoms with E-state index in [-0.39, 0.29) is 23.0 Å². The zero-order chi connectivity index (χ0) is 25.5. The summed E-state index contributed by atoms with van der Waals surface area (Å²) in [6, 6.07) is 15.7. The molecule has 4 rings (SSSR count). The van der Waals surface area contributed by atoms with Crippen LogP contribution < -0.4 is 10.2 Å². The Bertz CT molecular complexity index is 1280. The fourth-order valence-electron chi connectivity index (χ4n) is 4.14. The summed E-state index contributed by atoms with van der Waals surface area (Å²) in [4.78, 5) is 26.7. The molecule has 1 aliphatic rings. The predicted molar refractivity (Wildman–Crippen MR) is 144 cm³/mol. The van der Waals surface area contributed by atoms with Crippen molar-refractivity contribution in [1.29, 1.82) is 0 Å². The van der Waals surface area contributed by atoms with E-state index in [1.807, 2.05) is 6.07 Å². The Balaban J connectivity index is 1.56. The Morgan fingerprint density at radius 2 is 1.80 bits per heavy atom. The molecule has 3 aromatic carbocycles. The summed E-state index contributed by atoms with van der Waals surface area (Å²) in [5, 5.41) is 3.90. The van der Waals surface area contributed by atoms with E-state index < -0.39 is 21.5 Å². The van der Waals surface area contributed by atoms with E-state index in [0.29, 0.717) is 16.4 Å². The molecule has 0 saturated heterocycles. The normalized spacial score (nSPS) is 20.3. The highest BCUT2D eigenvalue weighted by Gasteiger charge is 2.76. The van der Waals surface area contributed by atoms with Gasteiger partial charge in [0.1, 0.15) is 16.4 Å². The largest absolute Gasteiger partial charge is 0.384 e. The first-order chi connectivity index (χ1) is 16.5. The lowest BCUT2D eigenvalue weighted by molar-refractivity contribution is -0.112. The minimum Gasteiger partial charge on any atom is -0.384 e. The average Bonchev–Trinajstić information content (AvgIpc) is 3.32. The van der Waals surface area contributed by atoms with Crippen molar-refractivity contribution in [2.24, 2.45) is 5.41 Å². The van der Waals surface area contributed by atoms with Crippen molar-refractivity contribution in [3.05, 3.63) is 92.1 Å². The summed E-state index contributed by atoms with van der Waals surface area (Å²) in [5.41, 5.74) is 0.908. The maximum atomic E-state index is 13.3. The van der Waals surface area contributed by atoms with Crippen LogP contribution in [0.2, 0.25) is 10.0 Å². The Morgan fingerprint density at radius 1 is 1.11 bits per heavy atom. The minimum absolute atomic E-state index is 0.112. The monoisotopic (exact) mass is 616 g/mol. The third kappa shape index (κ3) is 4.92. The van der Waals surface area contributed by atoms with E-state index in [1.54, 1.807) is 37.4 Å². The predicted octanol–water partition coefficient (Wildman–Crippen LogP) is 7.74. The molecular formula is C25H18BrCl4FN2O2. The van der Waals surface area contributed by atoms with E-state index >= 15 is 0 Å². The zero-order valence-electron chi connectivity index (χ0n) is 18.2. The van der Waals surface area contributed by atoms with Gasteiger partial charge in [-0.1, -0.05) is 62.3 Å². The minimum atomic E-state index is -1.35. The number of aldehydes is 1. The number of benzene rings is 3. The fourth-order valence-corrected chi connectivity index (χ4v) is 6.20. The summed E-state index contributed by atoms with van der Waals surface area (Å²) in [6.07, 6.45) is 0.754. The third-order valence-corrected chi connectivity index (χ3v) is 8.29. The summed E-state index contributed by atoms with van der Waals surface area (Å²) >= 11 is 29.1. The first-order valence-corrected chi connectivity index (χ1v) is 12.7. The molecule has 1 saturated carbocycles. The van der Waals surface area contributed by atoms with Crippen LogP contribution in [-0.2, 0) is 4.79 Å². The van der Waals surface area contributed by atoms with Gasteiger partial charge < -0.3 is 15.0 Å². The molecule has 4 nitrogen and oxygen atoms in total. The molecule has 0 spiro atoms. The molecule has 35 heavy (non-hydrogen) atoms. The number of nitrogens with zero attached hydrogens (tertiary/aromatic N) is 1. The Hall–Kier alpha value is -1.83. The van der Waals surface area contributed by atoms with Gasteiger partial charge in [-0.25, -0.2) is 4.39 Å². The van der Waals surface area contributed by atoms with Crippen molar-refractivity contribution in [2.75, 3.05) is 23.8 Å². The molecule has 2 atom stereocenters. The molecular weight excluding hydrogens is 601 g/mol. The number of anilines is 2. The van der Waals surface area contributed by atoms with Crippen LogP contribution in [0.5, 0.6) is 0 Å². The van der Waals surface area contributed by atoms with Gasteiger partial charge in [-0.05, 0) is 66.2 Å². The molecule has 0 aromatic heterocycles. The number of hydrogen-bond acceptors (Lipinski definition) is 3. The van der Waals surface area contributed by atoms with Crippen LogP contribution in [0.3, 0.4) is 0 Å². The number of alkyl halides is 2. The zero-order valence-corrected chi connectivity index (χ0v) is 22.8. The first-order valence-electron chi connectivity index (χ1n) is 10.4. The number of halogens is 6. The van der Waals surface area contributed by atoms with Gasteiger partial charge in [-0.2, -0.15) is 0 Å². The van der Waals surface area contributed by atoms with Gasteiger partial charge in [0.2, 0.25) is 0 Å². The quantitative estimate of drug-likeness (QED) is 0.218. The molecule has 1 N–H and O–H groups in total. The lowest BCUT2D eigenvalue weighted by Crippen LogP contribution is -2.27. The smallest absolute Gasteiger partial charge is 0.259 e. The molecule has 182 valence electrons. The maximum absolute atomic E-state index is 13.3. The van der Waals surface area contributed by atoms with Crippen LogP contribution in [0, 0.1) is 11.2 Å². The van der Waals surface area contributed by atoms with Crippen LogP contribution in [-0.4, -0.2) is 30.1 Å². The van der Waals surface area contributed by atoms with Gasteiger partial charge in [0, 0.05) is 40.4 Å². The van der Waals surface area contributed by atoms with Crippen molar-refractivity contribution < 1.29 is 14.0 Å². The second kappa shape index (κ2) is 9.91. The molecule has 1 fully saturated rings. The first kappa shape index (κ1) is 26.2. The van der Waals surface area contributed by atoms with E-state index in [9.17, 15) is 14.0 Å². The maximum Gasteiger partial charge on any atom is 0.259 e. The topological polar surface area (TPSA) is 49.4 Å². The molecule has 1 aliphatic carbocycles. The van der Waals surface area contributed by atoms with Crippen molar-refractivity contribution in [2.45, 2.75) is 10.3 Å². The van der Waals surface area contributed by atoms with Crippen LogP contribution in [0.1, 0.15) is 21.8 Å². The molecule has 0 bridgehead atoms. The van der Waals surface area contributed by atoms with Crippen molar-refractivity contribution >= 4 is 85.9 Å². The second-order valence-electron chi connectivity index (χ2n) is 8.31. The summed E-state index contributed by atoms with van der Waals surface area (Å²) < 4.78 is 12.6. The van der Waals surface area contributed by atoms with E-state index in [2.05, 4.69) is 21.2 Å². The van der Waals surface area contributed by atoms with Crippen LogP contribution >= 0.6 is 62.3 Å². The Kier molecular flexibility index (Phi) is 7.43. The van der Waals surface area contributed by atoms with Gasteiger partial charge >= 0.3 is 0 Å². The molecule has 10 heteroatoms. The number of carbonyl (C=O) groups is 2. The molecule has 3 aromatic rings. The Morgan fingerprint density at radius 3 is 2.43 bits per heavy atom. The highest BCUT2D eigenvalue weighted by molar-refractivity contribution is 9.10. The van der Waals surface area contributed by atoms with Gasteiger partial charge in [0.15, 0.2) is 0 Å². The number of hydrogen-bond donors (Lipinski definition) is 1. The third-order valence-electron chi connectivity index (χ3n) is 6.14. The van der Waals surface area contributed by atoms with Crippen molar-refractivity contribution in [3.8, 4) is 0 Å². The molecule has 0 aliphatic heterocycles. The van der Waals surface area contributed by atoms with Gasteiger partial charge in [0.05, 0.1) is 16.0 Å². The number of amides is 1. The number of carbonyl (C=O) groups excluding carboxylic acids is 2. The van der Waals surface area contributed by atoms with E-state index in [1.165, 1.54) is 29.2 Å². The van der Waals surface area contributed by atoms with Gasteiger partial charge in [-0.3, -0.25) is 4.79 Å². The summed E-state index contributed by atoms with van der Waals surface area (Å²) in [5.74, 6) is -1.27. The molecule has 0 radical (unpaired) electrons. The molecule has 2 unspecified atom stereocenters. The SMILES string of the molecule is CN(C(=O)c1cc(NCC2(C=O)C(c3cc(Cl)cc(Br)c3)C2(Cl)Cl)ccc1Cl)c1ccc(F)cc1. The van der Waals surface area contributed by atoms with Crippen LogP contribution in [0.15, 0.2) is 65.1 Å². The van der Waals surface area contributed by atoms with Crippen LogP contribution in [0.4, 0.5) is 15.8 Å². The average molecular weight is 619 g/mol. The van der Waals surface area contributed by atoms with Crippen molar-refractivity contribution in [3.63, 3.8) is 0 Å². The fraction of sp³-hybridized carbons (Fsp3) is 0.200. The highest BCUT2D eigenvalue weighted by atomic mass is 79.9. The number of nitrogens with one attached hydrogen (secondary N) is 1. The van der Waals surface area contributed by atoms with Gasteiger partial charge in [0.25, 0.3) is 5.91 Å². The molecule has 0 heterocycles. The Labute approximate surface area is 230 Å². The van der Waals surface area contributed by atoms with Crippen LogP contribution in [0.25, 0.3) is 0 Å². The standard InChI is InChI=1S/C25H18BrCl4FN2O2/c1-33(19-5-2-17(31)3-6-19)23(35)20-11-18(4-7-21(20)28)32-12-24(13-34)22(25(24,29)30)14-8-15(26)10-16(27)9-14/h2-11,13,22,32H,12H2,1H3.